The van der Waals surface area contributed by atoms with Crippen molar-refractivity contribution in [3.05, 3.63) is 72.3 Å². The van der Waals surface area contributed by atoms with Gasteiger partial charge in [0.2, 0.25) is 0 Å². The molecule has 2 aromatic rings. The topological polar surface area (TPSA) is 39.2 Å². The third-order valence-corrected chi connectivity index (χ3v) is 5.24. The van der Waals surface area contributed by atoms with Gasteiger partial charge in [0.05, 0.1) is 11.6 Å². The Morgan fingerprint density at radius 3 is 2.88 bits per heavy atom. The number of hydrogen-bond donors (Lipinski definition) is 0. The molecule has 2 aliphatic rings. The third kappa shape index (κ3) is 3.19. The Morgan fingerprint density at radius 1 is 1.23 bits per heavy atom. The highest BCUT2D eigenvalue weighted by molar-refractivity contribution is 5.77. The van der Waals surface area contributed by atoms with Gasteiger partial charge in [0.25, 0.3) is 0 Å². The number of benzene rings is 1. The fourth-order valence-electron chi connectivity index (χ4n) is 3.92. The van der Waals surface area contributed by atoms with Crippen LogP contribution >= 0.6 is 0 Å². The number of rotatable bonds is 3. The van der Waals surface area contributed by atoms with Crippen molar-refractivity contribution in [2.24, 2.45) is 17.8 Å². The molecule has 4 heteroatoms. The molecular formula is C22H20FNO2. The number of pyridine rings is 1. The summed E-state index contributed by atoms with van der Waals surface area (Å²) in [4.78, 5) is 16.4. The van der Waals surface area contributed by atoms with E-state index in [-0.39, 0.29) is 35.6 Å². The lowest BCUT2D eigenvalue weighted by Gasteiger charge is -2.27. The molecule has 0 N–H and O–H groups in total. The number of ether oxygens (including phenoxy) is 1. The van der Waals surface area contributed by atoms with Crippen molar-refractivity contribution in [3.63, 3.8) is 0 Å². The highest BCUT2D eigenvalue weighted by atomic mass is 19.1. The Bertz CT molecular complexity index is 872. The Morgan fingerprint density at radius 2 is 2.12 bits per heavy atom. The molecule has 1 saturated heterocycles. The number of nitrogens with zero attached hydrogens (tertiary/aromatic N) is 1. The smallest absolute Gasteiger partial charge is 0.313 e. The summed E-state index contributed by atoms with van der Waals surface area (Å²) in [6.07, 6.45) is 10.8. The predicted octanol–water partition coefficient (Wildman–Crippen LogP) is 4.65. The average molecular weight is 349 g/mol. The molecule has 4 rings (SSSR count). The molecule has 1 aromatic heterocycles. The number of aromatic nitrogens is 1. The monoisotopic (exact) mass is 349 g/mol. The second kappa shape index (κ2) is 6.87. The van der Waals surface area contributed by atoms with Gasteiger partial charge < -0.3 is 4.74 Å². The molecule has 1 aliphatic carbocycles. The van der Waals surface area contributed by atoms with E-state index in [0.717, 1.165) is 23.2 Å². The molecule has 1 aliphatic heterocycles. The summed E-state index contributed by atoms with van der Waals surface area (Å²) in [6.45, 7) is 1.97. The predicted molar refractivity (Wildman–Crippen MR) is 98.4 cm³/mol. The zero-order valence-electron chi connectivity index (χ0n) is 14.5. The summed E-state index contributed by atoms with van der Waals surface area (Å²) in [5, 5.41) is 0. The van der Waals surface area contributed by atoms with Crippen molar-refractivity contribution in [3.8, 4) is 11.1 Å². The van der Waals surface area contributed by atoms with Gasteiger partial charge >= 0.3 is 5.97 Å². The molecule has 1 aromatic carbocycles. The van der Waals surface area contributed by atoms with E-state index in [0.29, 0.717) is 0 Å². The van der Waals surface area contributed by atoms with Crippen LogP contribution in [-0.2, 0) is 9.53 Å². The van der Waals surface area contributed by atoms with Crippen LogP contribution in [0.15, 0.2) is 60.8 Å². The van der Waals surface area contributed by atoms with E-state index < -0.39 is 0 Å². The van der Waals surface area contributed by atoms with Crippen LogP contribution in [0.1, 0.15) is 19.0 Å². The minimum Gasteiger partial charge on any atom is -0.462 e. The standard InChI is InChI=1S/C22H20FNO2/c1-14-21-15(4-3-7-20(21)22(25)26-14)8-10-19-11-9-17(13-24-19)16-5-2-6-18(23)12-16/h2-3,5-15,20-21H,4H2,1H3/b10-8+/t14-,15?,20?,21?/m1/s1. The summed E-state index contributed by atoms with van der Waals surface area (Å²) in [7, 11) is 0. The molecule has 4 atom stereocenters. The second-order valence-electron chi connectivity index (χ2n) is 6.91. The number of allylic oxidation sites excluding steroid dienone is 2. The van der Waals surface area contributed by atoms with Crippen LogP contribution in [0.25, 0.3) is 17.2 Å². The van der Waals surface area contributed by atoms with Crippen LogP contribution in [0.3, 0.4) is 0 Å². The number of esters is 1. The van der Waals surface area contributed by atoms with Crippen LogP contribution in [0, 0.1) is 23.6 Å². The molecule has 0 radical (unpaired) electrons. The van der Waals surface area contributed by atoms with Crippen molar-refractivity contribution in [1.82, 2.24) is 4.98 Å². The van der Waals surface area contributed by atoms with Crippen molar-refractivity contribution in [2.45, 2.75) is 19.4 Å². The first-order chi connectivity index (χ1) is 12.6. The summed E-state index contributed by atoms with van der Waals surface area (Å²) in [5.41, 5.74) is 2.53. The first-order valence-electron chi connectivity index (χ1n) is 8.89. The Labute approximate surface area is 152 Å². The van der Waals surface area contributed by atoms with Gasteiger partial charge in [-0.25, -0.2) is 4.39 Å². The normalized spacial score (nSPS) is 27.5. The average Bonchev–Trinajstić information content (AvgIpc) is 2.95. The third-order valence-electron chi connectivity index (χ3n) is 5.24. The van der Waals surface area contributed by atoms with Gasteiger partial charge in [0, 0.05) is 17.7 Å². The molecule has 1 fully saturated rings. The van der Waals surface area contributed by atoms with Crippen LogP contribution in [0.4, 0.5) is 4.39 Å². The molecule has 26 heavy (non-hydrogen) atoms. The van der Waals surface area contributed by atoms with Gasteiger partial charge in [-0.2, -0.15) is 0 Å². The van der Waals surface area contributed by atoms with E-state index in [4.69, 9.17) is 4.74 Å². The molecule has 2 heterocycles. The number of halogens is 1. The summed E-state index contributed by atoms with van der Waals surface area (Å²) < 4.78 is 18.7. The highest BCUT2D eigenvalue weighted by Gasteiger charge is 2.45. The Kier molecular flexibility index (Phi) is 4.41. The minimum atomic E-state index is -0.256. The van der Waals surface area contributed by atoms with E-state index in [1.807, 2.05) is 37.3 Å². The lowest BCUT2D eigenvalue weighted by atomic mass is 9.74. The Hall–Kier alpha value is -2.75. The van der Waals surface area contributed by atoms with Gasteiger partial charge in [0.1, 0.15) is 11.9 Å². The van der Waals surface area contributed by atoms with Crippen LogP contribution < -0.4 is 0 Å². The lowest BCUT2D eigenvalue weighted by molar-refractivity contribution is -0.142. The quantitative estimate of drug-likeness (QED) is 0.598. The van der Waals surface area contributed by atoms with E-state index in [2.05, 4.69) is 17.1 Å². The minimum absolute atomic E-state index is 0.0598. The molecule has 0 saturated carbocycles. The van der Waals surface area contributed by atoms with E-state index in [1.54, 1.807) is 12.3 Å². The Balaban J connectivity index is 1.50. The molecule has 3 unspecified atom stereocenters. The molecular weight excluding hydrogens is 329 g/mol. The maximum atomic E-state index is 13.4. The SMILES string of the molecule is C[C@H]1OC(=O)C2C=CCC(/C=C/c3ccc(-c4cccc(F)c4)cn3)C21. The molecule has 132 valence electrons. The first-order valence-corrected chi connectivity index (χ1v) is 8.89. The van der Waals surface area contributed by atoms with Gasteiger partial charge in [-0.05, 0) is 49.1 Å². The second-order valence-corrected chi connectivity index (χ2v) is 6.91. The van der Waals surface area contributed by atoms with Gasteiger partial charge in [-0.1, -0.05) is 36.4 Å². The first kappa shape index (κ1) is 16.7. The fourth-order valence-corrected chi connectivity index (χ4v) is 3.92. The number of carbonyl (C=O) groups is 1. The number of cyclic esters (lactones) is 1. The molecule has 3 nitrogen and oxygen atoms in total. The van der Waals surface area contributed by atoms with E-state index in [9.17, 15) is 9.18 Å². The maximum Gasteiger partial charge on any atom is 0.313 e. The van der Waals surface area contributed by atoms with Crippen molar-refractivity contribution in [2.75, 3.05) is 0 Å². The van der Waals surface area contributed by atoms with Gasteiger partial charge in [0.15, 0.2) is 0 Å². The van der Waals surface area contributed by atoms with Gasteiger partial charge in [-0.15, -0.1) is 0 Å². The van der Waals surface area contributed by atoms with Crippen molar-refractivity contribution >= 4 is 12.0 Å². The molecule has 0 bridgehead atoms. The summed E-state index contributed by atoms with van der Waals surface area (Å²) >= 11 is 0. The van der Waals surface area contributed by atoms with E-state index in [1.165, 1.54) is 12.1 Å². The maximum absolute atomic E-state index is 13.4. The largest absolute Gasteiger partial charge is 0.462 e. The zero-order valence-corrected chi connectivity index (χ0v) is 14.5. The number of fused-ring (bicyclic) bond motifs is 1. The summed E-state index contributed by atoms with van der Waals surface area (Å²) in [6, 6.07) is 10.3. The molecule has 0 amide bonds. The fraction of sp³-hybridized carbons (Fsp3) is 0.273. The number of carbonyl (C=O) groups excluding carboxylic acids is 1. The van der Waals surface area contributed by atoms with Crippen LogP contribution in [0.5, 0.6) is 0 Å². The molecule has 0 spiro atoms. The summed E-state index contributed by atoms with van der Waals surface area (Å²) in [5.74, 6) is -0.0496. The van der Waals surface area contributed by atoms with Crippen molar-refractivity contribution in [1.29, 1.82) is 0 Å². The zero-order chi connectivity index (χ0) is 18.1. The number of hydrogen-bond acceptors (Lipinski definition) is 3. The highest BCUT2D eigenvalue weighted by Crippen LogP contribution is 2.40. The van der Waals surface area contributed by atoms with Crippen LogP contribution in [-0.4, -0.2) is 17.1 Å². The van der Waals surface area contributed by atoms with E-state index >= 15 is 0 Å². The van der Waals surface area contributed by atoms with Crippen molar-refractivity contribution < 1.29 is 13.9 Å². The lowest BCUT2D eigenvalue weighted by Crippen LogP contribution is -2.27. The van der Waals surface area contributed by atoms with Gasteiger partial charge in [-0.3, -0.25) is 9.78 Å². The van der Waals surface area contributed by atoms with Crippen LogP contribution in [0.2, 0.25) is 0 Å².